The molecule has 2 aliphatic heterocycles. The van der Waals surface area contributed by atoms with Crippen molar-refractivity contribution in [1.29, 1.82) is 0 Å². The first-order valence-electron chi connectivity index (χ1n) is 10.00. The Bertz CT molecular complexity index is 546. The summed E-state index contributed by atoms with van der Waals surface area (Å²) in [6.45, 7) is 12.0. The predicted molar refractivity (Wildman–Crippen MR) is 104 cm³/mol. The molecule has 2 unspecified atom stereocenters. The lowest BCUT2D eigenvalue weighted by Crippen LogP contribution is -2.50. The number of hydrogen-bond acceptors (Lipinski definition) is 5. The van der Waals surface area contributed by atoms with Crippen molar-refractivity contribution in [3.63, 3.8) is 0 Å². The molecule has 7 heteroatoms. The Kier molecular flexibility index (Phi) is 7.91. The van der Waals surface area contributed by atoms with Crippen LogP contribution in [0.15, 0.2) is 0 Å². The molecule has 0 aromatic heterocycles. The molecule has 0 N–H and O–H groups in total. The van der Waals surface area contributed by atoms with Gasteiger partial charge >= 0.3 is 0 Å². The van der Waals surface area contributed by atoms with Crippen molar-refractivity contribution in [1.82, 2.24) is 9.80 Å². The topological polar surface area (TPSA) is 66.9 Å². The minimum Gasteiger partial charge on any atom is -0.376 e. The molecule has 0 spiro atoms. The zero-order chi connectivity index (χ0) is 19.3. The number of carbonyl (C=O) groups excluding carboxylic acids is 1. The van der Waals surface area contributed by atoms with Crippen molar-refractivity contribution in [2.24, 2.45) is 11.8 Å². The lowest BCUT2D eigenvalue weighted by atomic mass is 10.1. The smallest absolute Gasteiger partial charge is 0.237 e. The van der Waals surface area contributed by atoms with Crippen molar-refractivity contribution >= 4 is 15.7 Å². The van der Waals surface area contributed by atoms with E-state index in [-0.39, 0.29) is 29.6 Å². The van der Waals surface area contributed by atoms with Crippen LogP contribution in [-0.2, 0) is 19.4 Å². The van der Waals surface area contributed by atoms with Gasteiger partial charge in [-0.25, -0.2) is 8.42 Å². The Morgan fingerprint density at radius 1 is 1.12 bits per heavy atom. The summed E-state index contributed by atoms with van der Waals surface area (Å²) in [7, 11) is -3.02. The van der Waals surface area contributed by atoms with E-state index in [0.29, 0.717) is 31.3 Å². The number of ether oxygens (including phenoxy) is 1. The van der Waals surface area contributed by atoms with Crippen LogP contribution in [0.2, 0.25) is 0 Å². The molecular formula is C19H36N2O4S. The van der Waals surface area contributed by atoms with Crippen LogP contribution >= 0.6 is 0 Å². The lowest BCUT2D eigenvalue weighted by Gasteiger charge is -2.33. The Hall–Kier alpha value is -0.660. The SMILES string of the molecule is CC(C)CN(CC(=O)N(CC1CCCO1)C1CCS(=O)(=O)C1)CC(C)C. The number of hydrogen-bond donors (Lipinski definition) is 0. The zero-order valence-corrected chi connectivity index (χ0v) is 17.6. The normalized spacial score (nSPS) is 25.5. The molecule has 6 nitrogen and oxygen atoms in total. The molecule has 0 aliphatic carbocycles. The van der Waals surface area contributed by atoms with E-state index in [9.17, 15) is 13.2 Å². The fraction of sp³-hybridized carbons (Fsp3) is 0.947. The minimum atomic E-state index is -3.02. The molecule has 0 radical (unpaired) electrons. The summed E-state index contributed by atoms with van der Waals surface area (Å²) < 4.78 is 29.6. The van der Waals surface area contributed by atoms with Crippen molar-refractivity contribution < 1.29 is 17.9 Å². The third-order valence-electron chi connectivity index (χ3n) is 5.00. The lowest BCUT2D eigenvalue weighted by molar-refractivity contribution is -0.136. The van der Waals surface area contributed by atoms with Crippen LogP contribution in [-0.4, -0.2) is 80.6 Å². The van der Waals surface area contributed by atoms with Crippen LogP contribution in [0, 0.1) is 11.8 Å². The Balaban J connectivity index is 2.07. The van der Waals surface area contributed by atoms with Crippen LogP contribution < -0.4 is 0 Å². The highest BCUT2D eigenvalue weighted by Gasteiger charge is 2.36. The Morgan fingerprint density at radius 2 is 1.77 bits per heavy atom. The number of amides is 1. The molecule has 2 rings (SSSR count). The standard InChI is InChI=1S/C19H36N2O4S/c1-15(2)10-20(11-16(3)4)13-19(22)21(12-18-6-5-8-25-18)17-7-9-26(23,24)14-17/h15-18H,5-14H2,1-4H3. The molecule has 2 aliphatic rings. The van der Waals surface area contributed by atoms with Gasteiger partial charge in [-0.2, -0.15) is 0 Å². The molecule has 2 atom stereocenters. The van der Waals surface area contributed by atoms with E-state index in [1.165, 1.54) is 0 Å². The molecule has 0 aromatic rings. The largest absolute Gasteiger partial charge is 0.376 e. The second-order valence-electron chi connectivity index (χ2n) is 8.72. The molecule has 26 heavy (non-hydrogen) atoms. The summed E-state index contributed by atoms with van der Waals surface area (Å²) in [5.41, 5.74) is 0. The molecule has 0 saturated carbocycles. The summed E-state index contributed by atoms with van der Waals surface area (Å²) in [6, 6.07) is -0.198. The molecule has 2 saturated heterocycles. The van der Waals surface area contributed by atoms with Gasteiger partial charge in [0.2, 0.25) is 5.91 Å². The highest BCUT2D eigenvalue weighted by atomic mass is 32.2. The molecule has 0 bridgehead atoms. The Morgan fingerprint density at radius 3 is 2.23 bits per heavy atom. The molecule has 0 aromatic carbocycles. The summed E-state index contributed by atoms with van der Waals surface area (Å²) in [6.07, 6.45) is 2.56. The van der Waals surface area contributed by atoms with E-state index in [0.717, 1.165) is 32.5 Å². The van der Waals surface area contributed by atoms with Gasteiger partial charge in [-0.3, -0.25) is 9.69 Å². The summed E-state index contributed by atoms with van der Waals surface area (Å²) in [5.74, 6) is 1.30. The number of sulfone groups is 1. The monoisotopic (exact) mass is 388 g/mol. The van der Waals surface area contributed by atoms with Crippen molar-refractivity contribution in [3.05, 3.63) is 0 Å². The highest BCUT2D eigenvalue weighted by molar-refractivity contribution is 7.91. The summed E-state index contributed by atoms with van der Waals surface area (Å²) >= 11 is 0. The van der Waals surface area contributed by atoms with Gasteiger partial charge in [0, 0.05) is 32.3 Å². The average molecular weight is 389 g/mol. The predicted octanol–water partition coefficient (Wildman–Crippen LogP) is 1.80. The minimum absolute atomic E-state index is 0.0453. The van der Waals surface area contributed by atoms with Crippen LogP contribution in [0.4, 0.5) is 0 Å². The van der Waals surface area contributed by atoms with Crippen molar-refractivity contribution in [2.75, 3.05) is 44.3 Å². The van der Waals surface area contributed by atoms with Gasteiger partial charge < -0.3 is 9.64 Å². The maximum absolute atomic E-state index is 13.1. The second-order valence-corrected chi connectivity index (χ2v) is 10.9. The summed E-state index contributed by atoms with van der Waals surface area (Å²) in [4.78, 5) is 17.2. The Labute approximate surface area is 159 Å². The molecule has 1 amide bonds. The molecule has 152 valence electrons. The van der Waals surface area contributed by atoms with Gasteiger partial charge in [-0.05, 0) is 31.1 Å². The van der Waals surface area contributed by atoms with Gasteiger partial charge in [0.05, 0.1) is 24.2 Å². The van der Waals surface area contributed by atoms with Crippen LogP contribution in [0.5, 0.6) is 0 Å². The van der Waals surface area contributed by atoms with E-state index >= 15 is 0 Å². The fourth-order valence-electron chi connectivity index (χ4n) is 4.00. The van der Waals surface area contributed by atoms with Gasteiger partial charge in [0.25, 0.3) is 0 Å². The van der Waals surface area contributed by atoms with Gasteiger partial charge in [0.1, 0.15) is 0 Å². The highest BCUT2D eigenvalue weighted by Crippen LogP contribution is 2.22. The molecular weight excluding hydrogens is 352 g/mol. The first kappa shape index (κ1) is 21.6. The number of carbonyl (C=O) groups is 1. The third-order valence-corrected chi connectivity index (χ3v) is 6.75. The van der Waals surface area contributed by atoms with E-state index in [1.807, 2.05) is 4.90 Å². The van der Waals surface area contributed by atoms with Crippen molar-refractivity contribution in [3.8, 4) is 0 Å². The maximum Gasteiger partial charge on any atom is 0.237 e. The maximum atomic E-state index is 13.1. The van der Waals surface area contributed by atoms with Crippen LogP contribution in [0.3, 0.4) is 0 Å². The quantitative estimate of drug-likeness (QED) is 0.602. The number of rotatable bonds is 9. The van der Waals surface area contributed by atoms with E-state index in [1.54, 1.807) is 0 Å². The zero-order valence-electron chi connectivity index (χ0n) is 16.8. The molecule has 2 heterocycles. The van der Waals surface area contributed by atoms with Crippen molar-refractivity contribution in [2.45, 2.75) is 59.1 Å². The van der Waals surface area contributed by atoms with Crippen LogP contribution in [0.25, 0.3) is 0 Å². The van der Waals surface area contributed by atoms with Gasteiger partial charge in [0.15, 0.2) is 9.84 Å². The average Bonchev–Trinajstić information content (AvgIpc) is 3.12. The van der Waals surface area contributed by atoms with Crippen LogP contribution in [0.1, 0.15) is 47.0 Å². The fourth-order valence-corrected chi connectivity index (χ4v) is 5.73. The first-order chi connectivity index (χ1) is 12.2. The third kappa shape index (κ3) is 6.82. The molecule has 2 fully saturated rings. The van der Waals surface area contributed by atoms with E-state index in [2.05, 4.69) is 32.6 Å². The van der Waals surface area contributed by atoms with Gasteiger partial charge in [-0.1, -0.05) is 27.7 Å². The summed E-state index contributed by atoms with van der Waals surface area (Å²) in [5, 5.41) is 0. The number of nitrogens with zero attached hydrogens (tertiary/aromatic N) is 2. The second kappa shape index (κ2) is 9.51. The van der Waals surface area contributed by atoms with E-state index < -0.39 is 9.84 Å². The first-order valence-corrected chi connectivity index (χ1v) is 11.8. The van der Waals surface area contributed by atoms with E-state index in [4.69, 9.17) is 4.74 Å². The van der Waals surface area contributed by atoms with Gasteiger partial charge in [-0.15, -0.1) is 0 Å².